The second-order valence-corrected chi connectivity index (χ2v) is 6.47. The van der Waals surface area contributed by atoms with Crippen molar-refractivity contribution < 1.29 is 18.6 Å². The molecule has 5 heteroatoms. The van der Waals surface area contributed by atoms with E-state index >= 15 is 0 Å². The topological polar surface area (TPSA) is 57.9 Å². The molecule has 146 valence electrons. The molecule has 0 N–H and O–H groups in total. The van der Waals surface area contributed by atoms with Gasteiger partial charge in [0, 0.05) is 0 Å². The molecule has 1 aromatic heterocycles. The number of methoxy groups -OCH3 is 3. The molecular weight excluding hydrogens is 368 g/mol. The van der Waals surface area contributed by atoms with E-state index in [0.29, 0.717) is 39.2 Å². The molecule has 0 bridgehead atoms. The summed E-state index contributed by atoms with van der Waals surface area (Å²) in [5.74, 6) is 1.72. The molecule has 0 radical (unpaired) electrons. The average molecular weight is 388 g/mol. The van der Waals surface area contributed by atoms with Crippen molar-refractivity contribution in [1.29, 1.82) is 0 Å². The third-order valence-corrected chi connectivity index (χ3v) is 4.76. The second-order valence-electron chi connectivity index (χ2n) is 6.47. The maximum atomic E-state index is 12.7. The molecule has 0 atom stereocenters. The van der Waals surface area contributed by atoms with Gasteiger partial charge in [-0.3, -0.25) is 4.79 Å². The van der Waals surface area contributed by atoms with Gasteiger partial charge < -0.3 is 18.6 Å². The Balaban J connectivity index is 1.75. The lowest BCUT2D eigenvalue weighted by Gasteiger charge is -2.12. The fourth-order valence-corrected chi connectivity index (χ4v) is 3.31. The fraction of sp³-hybridized carbons (Fsp3) is 0.125. The Kier molecular flexibility index (Phi) is 4.96. The van der Waals surface area contributed by atoms with E-state index in [9.17, 15) is 4.79 Å². The van der Waals surface area contributed by atoms with Crippen LogP contribution in [0.5, 0.6) is 17.2 Å². The summed E-state index contributed by atoms with van der Waals surface area (Å²) < 4.78 is 22.1. The fourth-order valence-electron chi connectivity index (χ4n) is 3.31. The van der Waals surface area contributed by atoms with E-state index in [1.54, 1.807) is 39.5 Å². The first-order valence-electron chi connectivity index (χ1n) is 9.08. The van der Waals surface area contributed by atoms with E-state index in [2.05, 4.69) is 0 Å². The van der Waals surface area contributed by atoms with E-state index in [-0.39, 0.29) is 5.43 Å². The van der Waals surface area contributed by atoms with Gasteiger partial charge in [0.25, 0.3) is 0 Å². The average Bonchev–Trinajstić information content (AvgIpc) is 2.76. The summed E-state index contributed by atoms with van der Waals surface area (Å²) in [6.07, 6.45) is 3.88. The van der Waals surface area contributed by atoms with Crippen molar-refractivity contribution in [3.05, 3.63) is 75.9 Å². The predicted octanol–water partition coefficient (Wildman–Crippen LogP) is 5.14. The van der Waals surface area contributed by atoms with Gasteiger partial charge in [-0.1, -0.05) is 30.4 Å². The van der Waals surface area contributed by atoms with Crippen LogP contribution in [-0.2, 0) is 0 Å². The van der Waals surface area contributed by atoms with Crippen molar-refractivity contribution in [1.82, 2.24) is 0 Å². The molecule has 0 spiro atoms. The monoisotopic (exact) mass is 388 g/mol. The Morgan fingerprint density at radius 2 is 1.38 bits per heavy atom. The van der Waals surface area contributed by atoms with Crippen molar-refractivity contribution in [3.63, 3.8) is 0 Å². The van der Waals surface area contributed by atoms with Gasteiger partial charge in [0.1, 0.15) is 11.2 Å². The van der Waals surface area contributed by atoms with E-state index in [4.69, 9.17) is 18.6 Å². The number of ether oxygens (including phenoxy) is 3. The second kappa shape index (κ2) is 7.72. The molecular formula is C24H20O5. The first kappa shape index (κ1) is 18.6. The van der Waals surface area contributed by atoms with Gasteiger partial charge in [-0.15, -0.1) is 0 Å². The van der Waals surface area contributed by atoms with Crippen molar-refractivity contribution in [2.45, 2.75) is 0 Å². The molecule has 5 nitrogen and oxygen atoms in total. The Morgan fingerprint density at radius 1 is 0.724 bits per heavy atom. The highest BCUT2D eigenvalue weighted by molar-refractivity contribution is 5.91. The molecule has 0 unspecified atom stereocenters. The highest BCUT2D eigenvalue weighted by atomic mass is 16.5. The number of hydrogen-bond donors (Lipinski definition) is 0. The highest BCUT2D eigenvalue weighted by Crippen LogP contribution is 2.38. The van der Waals surface area contributed by atoms with E-state index < -0.39 is 0 Å². The van der Waals surface area contributed by atoms with Crippen LogP contribution in [0.1, 0.15) is 11.1 Å². The number of para-hydroxylation sites is 1. The van der Waals surface area contributed by atoms with E-state index in [1.165, 1.54) is 0 Å². The number of benzene rings is 3. The van der Waals surface area contributed by atoms with Crippen LogP contribution < -0.4 is 19.6 Å². The zero-order valence-corrected chi connectivity index (χ0v) is 16.4. The van der Waals surface area contributed by atoms with Crippen molar-refractivity contribution in [3.8, 4) is 17.2 Å². The number of fused-ring (bicyclic) bond motifs is 2. The van der Waals surface area contributed by atoms with Gasteiger partial charge in [-0.05, 0) is 47.5 Å². The van der Waals surface area contributed by atoms with Crippen LogP contribution in [0.2, 0.25) is 0 Å². The lowest BCUT2D eigenvalue weighted by Crippen LogP contribution is -2.01. The summed E-state index contributed by atoms with van der Waals surface area (Å²) in [4.78, 5) is 12.7. The summed E-state index contributed by atoms with van der Waals surface area (Å²) in [7, 11) is 4.74. The first-order chi connectivity index (χ1) is 14.1. The minimum Gasteiger partial charge on any atom is -0.493 e. The van der Waals surface area contributed by atoms with Gasteiger partial charge in [0.15, 0.2) is 11.5 Å². The van der Waals surface area contributed by atoms with Crippen LogP contribution in [0.25, 0.3) is 34.1 Å². The largest absolute Gasteiger partial charge is 0.493 e. The molecule has 4 rings (SSSR count). The summed E-state index contributed by atoms with van der Waals surface area (Å²) in [5.41, 5.74) is 2.91. The van der Waals surface area contributed by atoms with Gasteiger partial charge in [0.2, 0.25) is 11.2 Å². The molecule has 0 saturated carbocycles. The Morgan fingerprint density at radius 3 is 2.07 bits per heavy atom. The van der Waals surface area contributed by atoms with Crippen LogP contribution in [0.3, 0.4) is 0 Å². The van der Waals surface area contributed by atoms with Crippen LogP contribution in [0.15, 0.2) is 63.8 Å². The Hall–Kier alpha value is -3.73. The minimum atomic E-state index is -0.0259. The molecule has 0 fully saturated rings. The summed E-state index contributed by atoms with van der Waals surface area (Å²) >= 11 is 0. The normalized spacial score (nSPS) is 11.3. The first-order valence-corrected chi connectivity index (χ1v) is 9.08. The van der Waals surface area contributed by atoms with Gasteiger partial charge in [0.05, 0.1) is 32.1 Å². The standard InChI is InChI=1S/C24H20O5/c1-26-21-13-16(14-22(27-2)24(21)28-3)9-8-15-10-11-18-20(12-15)29-19-7-5-4-6-17(19)23(18)25/h4-14H,1-3H3. The van der Waals surface area contributed by atoms with Crippen LogP contribution in [0.4, 0.5) is 0 Å². The molecule has 1 heterocycles. The Labute approximate surface area is 167 Å². The molecule has 0 saturated heterocycles. The SMILES string of the molecule is COc1cc(C=Cc2ccc3c(=O)c4ccccc4oc3c2)cc(OC)c1OC. The third-order valence-electron chi connectivity index (χ3n) is 4.76. The Bertz CT molecular complexity index is 1260. The van der Waals surface area contributed by atoms with Crippen molar-refractivity contribution in [2.24, 2.45) is 0 Å². The minimum absolute atomic E-state index is 0.0259. The molecule has 3 aromatic carbocycles. The molecule has 0 aliphatic carbocycles. The zero-order valence-electron chi connectivity index (χ0n) is 16.4. The van der Waals surface area contributed by atoms with Crippen LogP contribution >= 0.6 is 0 Å². The highest BCUT2D eigenvalue weighted by Gasteiger charge is 2.12. The van der Waals surface area contributed by atoms with Gasteiger partial charge in [-0.2, -0.15) is 0 Å². The van der Waals surface area contributed by atoms with Crippen molar-refractivity contribution >= 4 is 34.1 Å². The predicted molar refractivity (Wildman–Crippen MR) is 115 cm³/mol. The zero-order chi connectivity index (χ0) is 20.4. The van der Waals surface area contributed by atoms with E-state index in [1.807, 2.05) is 48.6 Å². The lowest BCUT2D eigenvalue weighted by molar-refractivity contribution is 0.324. The van der Waals surface area contributed by atoms with Gasteiger partial charge >= 0.3 is 0 Å². The van der Waals surface area contributed by atoms with E-state index in [0.717, 1.165) is 11.1 Å². The third kappa shape index (κ3) is 3.43. The summed E-state index contributed by atoms with van der Waals surface area (Å²) in [5, 5.41) is 1.15. The lowest BCUT2D eigenvalue weighted by atomic mass is 10.1. The molecule has 0 aliphatic heterocycles. The smallest absolute Gasteiger partial charge is 0.203 e. The number of rotatable bonds is 5. The number of hydrogen-bond acceptors (Lipinski definition) is 5. The maximum Gasteiger partial charge on any atom is 0.203 e. The quantitative estimate of drug-likeness (QED) is 0.350. The van der Waals surface area contributed by atoms with Crippen molar-refractivity contribution in [2.75, 3.05) is 21.3 Å². The molecule has 29 heavy (non-hydrogen) atoms. The van der Waals surface area contributed by atoms with Gasteiger partial charge in [-0.25, -0.2) is 0 Å². The van der Waals surface area contributed by atoms with Crippen LogP contribution in [-0.4, -0.2) is 21.3 Å². The molecule has 0 amide bonds. The summed E-state index contributed by atoms with van der Waals surface area (Å²) in [6.45, 7) is 0. The maximum absolute atomic E-state index is 12.7. The van der Waals surface area contributed by atoms with Crippen LogP contribution in [0, 0.1) is 0 Å². The molecule has 0 aliphatic rings. The molecule has 4 aromatic rings. The summed E-state index contributed by atoms with van der Waals surface area (Å²) in [6, 6.07) is 16.5.